The second-order valence-corrected chi connectivity index (χ2v) is 6.63. The van der Waals surface area contributed by atoms with E-state index in [-0.39, 0.29) is 23.3 Å². The Morgan fingerprint density at radius 3 is 2.74 bits per heavy atom. The van der Waals surface area contributed by atoms with E-state index in [0.29, 0.717) is 17.7 Å². The third kappa shape index (κ3) is 3.33. The molecular weight excluding hydrogens is 318 g/mol. The van der Waals surface area contributed by atoms with Crippen molar-refractivity contribution >= 4 is 28.7 Å². The van der Waals surface area contributed by atoms with Crippen molar-refractivity contribution in [2.75, 3.05) is 6.61 Å². The Kier molecular flexibility index (Phi) is 4.55. The first-order chi connectivity index (χ1) is 11.0. The van der Waals surface area contributed by atoms with Gasteiger partial charge >= 0.3 is 5.97 Å². The number of halogens is 1. The van der Waals surface area contributed by atoms with Crippen molar-refractivity contribution in [2.45, 2.75) is 51.3 Å². The third-order valence-electron chi connectivity index (χ3n) is 3.71. The Morgan fingerprint density at radius 2 is 2.17 bits per heavy atom. The van der Waals surface area contributed by atoms with Crippen LogP contribution in [0.1, 0.15) is 48.9 Å². The van der Waals surface area contributed by atoms with Crippen molar-refractivity contribution in [3.63, 3.8) is 0 Å². The summed E-state index contributed by atoms with van der Waals surface area (Å²) in [6.07, 6.45) is 0.964. The normalized spacial score (nSPS) is 18.9. The molecule has 0 unspecified atom stereocenters. The van der Waals surface area contributed by atoms with Crippen LogP contribution in [0.3, 0.4) is 0 Å². The van der Waals surface area contributed by atoms with Gasteiger partial charge in [0.1, 0.15) is 11.3 Å². The van der Waals surface area contributed by atoms with Crippen LogP contribution >= 0.6 is 11.6 Å². The first kappa shape index (κ1) is 16.2. The molecule has 6 nitrogen and oxygen atoms in total. The van der Waals surface area contributed by atoms with Crippen molar-refractivity contribution in [2.24, 2.45) is 0 Å². The molecule has 124 valence electrons. The smallest absolute Gasteiger partial charge is 0.357 e. The fraction of sp³-hybridized carbons (Fsp3) is 0.562. The Labute approximate surface area is 139 Å². The van der Waals surface area contributed by atoms with Crippen LogP contribution in [0.5, 0.6) is 0 Å². The number of imidazole rings is 1. The monoisotopic (exact) mass is 337 g/mol. The van der Waals surface area contributed by atoms with Crippen molar-refractivity contribution < 1.29 is 14.3 Å². The minimum absolute atomic E-state index is 0.148. The first-order valence-electron chi connectivity index (χ1n) is 7.79. The summed E-state index contributed by atoms with van der Waals surface area (Å²) < 4.78 is 12.7. The molecule has 0 amide bonds. The fourth-order valence-corrected chi connectivity index (χ4v) is 2.69. The van der Waals surface area contributed by atoms with Gasteiger partial charge in [0.2, 0.25) is 0 Å². The quantitative estimate of drug-likeness (QED) is 0.619. The van der Waals surface area contributed by atoms with Gasteiger partial charge in [-0.3, -0.25) is 0 Å². The molecular formula is C16H20ClN3O3. The lowest BCUT2D eigenvalue weighted by atomic mass is 10.2. The van der Waals surface area contributed by atoms with E-state index in [1.165, 1.54) is 0 Å². The summed E-state index contributed by atoms with van der Waals surface area (Å²) in [6, 6.07) is 3.41. The van der Waals surface area contributed by atoms with E-state index in [1.54, 1.807) is 12.1 Å². The number of aromatic nitrogens is 3. The predicted molar refractivity (Wildman–Crippen MR) is 86.7 cm³/mol. The highest BCUT2D eigenvalue weighted by Gasteiger charge is 2.24. The summed E-state index contributed by atoms with van der Waals surface area (Å²) >= 11 is 6.25. The van der Waals surface area contributed by atoms with E-state index >= 15 is 0 Å². The van der Waals surface area contributed by atoms with E-state index in [9.17, 15) is 4.79 Å². The lowest BCUT2D eigenvalue weighted by Crippen LogP contribution is -2.32. The number of carbonyl (C=O) groups is 1. The maximum absolute atomic E-state index is 12.1. The standard InChI is InChI=1S/C16H20ClN3O3/c1-9(2)23-16(21)13-5-4-12-15(19-13)20(8-11-6-7-22-11)14(18-12)10(3)17/h4-5,9-11H,6-8H2,1-3H3/t10-,11-/m0/s1. The van der Waals surface area contributed by atoms with Gasteiger partial charge < -0.3 is 14.0 Å². The molecule has 2 atom stereocenters. The minimum atomic E-state index is -0.435. The predicted octanol–water partition coefficient (Wildman–Crippen LogP) is 3.09. The van der Waals surface area contributed by atoms with Crippen LogP contribution in [0.4, 0.5) is 0 Å². The molecule has 0 saturated carbocycles. The Hall–Kier alpha value is -1.66. The summed E-state index contributed by atoms with van der Waals surface area (Å²) in [5.74, 6) is 0.300. The minimum Gasteiger partial charge on any atom is -0.458 e. The highest BCUT2D eigenvalue weighted by molar-refractivity contribution is 6.20. The number of pyridine rings is 1. The highest BCUT2D eigenvalue weighted by atomic mass is 35.5. The molecule has 0 aliphatic carbocycles. The van der Waals surface area contributed by atoms with Crippen molar-refractivity contribution in [1.29, 1.82) is 0 Å². The third-order valence-corrected chi connectivity index (χ3v) is 3.90. The van der Waals surface area contributed by atoms with Crippen LogP contribution in [0.25, 0.3) is 11.2 Å². The van der Waals surface area contributed by atoms with Crippen LogP contribution in [0.2, 0.25) is 0 Å². The number of esters is 1. The van der Waals surface area contributed by atoms with E-state index in [4.69, 9.17) is 21.1 Å². The number of nitrogens with zero attached hydrogens (tertiary/aromatic N) is 3. The van der Waals surface area contributed by atoms with Crippen LogP contribution in [-0.4, -0.2) is 39.3 Å². The number of hydrogen-bond acceptors (Lipinski definition) is 5. The van der Waals surface area contributed by atoms with Gasteiger partial charge in [-0.25, -0.2) is 14.8 Å². The molecule has 23 heavy (non-hydrogen) atoms. The lowest BCUT2D eigenvalue weighted by Gasteiger charge is -2.27. The summed E-state index contributed by atoms with van der Waals surface area (Å²) in [5, 5.41) is -0.254. The molecule has 1 saturated heterocycles. The van der Waals surface area contributed by atoms with Gasteiger partial charge in [-0.1, -0.05) is 0 Å². The Balaban J connectivity index is 2.01. The Bertz CT molecular complexity index is 723. The van der Waals surface area contributed by atoms with Gasteiger partial charge in [0.15, 0.2) is 11.3 Å². The molecule has 0 radical (unpaired) electrons. The van der Waals surface area contributed by atoms with E-state index in [1.807, 2.05) is 25.3 Å². The summed E-state index contributed by atoms with van der Waals surface area (Å²) in [6.45, 7) is 6.90. The number of ether oxygens (including phenoxy) is 2. The zero-order valence-electron chi connectivity index (χ0n) is 13.5. The zero-order chi connectivity index (χ0) is 16.6. The van der Waals surface area contributed by atoms with Crippen molar-refractivity contribution in [3.8, 4) is 0 Å². The van der Waals surface area contributed by atoms with E-state index in [2.05, 4.69) is 9.97 Å². The molecule has 2 aromatic rings. The largest absolute Gasteiger partial charge is 0.458 e. The molecule has 0 aromatic carbocycles. The molecule has 3 rings (SSSR count). The highest BCUT2D eigenvalue weighted by Crippen LogP contribution is 2.26. The second kappa shape index (κ2) is 6.45. The van der Waals surface area contributed by atoms with Crippen molar-refractivity contribution in [3.05, 3.63) is 23.7 Å². The zero-order valence-corrected chi connectivity index (χ0v) is 14.2. The SMILES string of the molecule is CC(C)OC(=O)c1ccc2nc([C@H](C)Cl)n(C[C@@H]3CCO3)c2n1. The number of fused-ring (bicyclic) bond motifs is 1. The first-order valence-corrected chi connectivity index (χ1v) is 8.23. The topological polar surface area (TPSA) is 66.2 Å². The van der Waals surface area contributed by atoms with Gasteiger partial charge in [0.05, 0.1) is 24.1 Å². The van der Waals surface area contributed by atoms with Crippen LogP contribution in [0.15, 0.2) is 12.1 Å². The number of rotatable bonds is 5. The summed E-state index contributed by atoms with van der Waals surface area (Å²) in [5.41, 5.74) is 1.63. The number of hydrogen-bond donors (Lipinski definition) is 0. The molecule has 0 bridgehead atoms. The molecule has 1 aliphatic heterocycles. The maximum Gasteiger partial charge on any atom is 0.357 e. The van der Waals surface area contributed by atoms with E-state index < -0.39 is 5.97 Å². The average molecular weight is 338 g/mol. The lowest BCUT2D eigenvalue weighted by molar-refractivity contribution is -0.0590. The molecule has 3 heterocycles. The van der Waals surface area contributed by atoms with Gasteiger partial charge in [0.25, 0.3) is 0 Å². The van der Waals surface area contributed by atoms with Crippen LogP contribution < -0.4 is 0 Å². The van der Waals surface area contributed by atoms with Crippen LogP contribution in [-0.2, 0) is 16.0 Å². The van der Waals surface area contributed by atoms with Gasteiger partial charge in [-0.15, -0.1) is 11.6 Å². The molecule has 7 heteroatoms. The fourth-order valence-electron chi connectivity index (χ4n) is 2.52. The molecule has 0 spiro atoms. The molecule has 2 aromatic heterocycles. The van der Waals surface area contributed by atoms with Crippen LogP contribution in [0, 0.1) is 0 Å². The summed E-state index contributed by atoms with van der Waals surface area (Å²) in [7, 11) is 0. The average Bonchev–Trinajstić information content (AvgIpc) is 2.80. The number of carbonyl (C=O) groups excluding carboxylic acids is 1. The molecule has 0 N–H and O–H groups in total. The van der Waals surface area contributed by atoms with Crippen molar-refractivity contribution in [1.82, 2.24) is 14.5 Å². The van der Waals surface area contributed by atoms with E-state index in [0.717, 1.165) is 18.9 Å². The maximum atomic E-state index is 12.1. The number of alkyl halides is 1. The summed E-state index contributed by atoms with van der Waals surface area (Å²) in [4.78, 5) is 21.1. The molecule has 1 aliphatic rings. The second-order valence-electron chi connectivity index (χ2n) is 5.97. The van der Waals surface area contributed by atoms with Gasteiger partial charge in [-0.05, 0) is 39.3 Å². The van der Waals surface area contributed by atoms with Gasteiger partial charge in [0, 0.05) is 6.61 Å². The Morgan fingerprint density at radius 1 is 1.43 bits per heavy atom. The molecule has 1 fully saturated rings. The van der Waals surface area contributed by atoms with Gasteiger partial charge in [-0.2, -0.15) is 0 Å².